The summed E-state index contributed by atoms with van der Waals surface area (Å²) >= 11 is 0. The first-order chi connectivity index (χ1) is 15.0. The molecule has 0 saturated heterocycles. The molecule has 8 heteroatoms. The van der Waals surface area contributed by atoms with Crippen LogP contribution >= 0.6 is 24.0 Å². The normalized spacial score (nSPS) is 12.2. The first kappa shape index (κ1) is 25.6. The molecule has 0 bridgehead atoms. The highest BCUT2D eigenvalue weighted by molar-refractivity contribution is 14.0. The van der Waals surface area contributed by atoms with Crippen LogP contribution in [0.5, 0.6) is 5.75 Å². The Morgan fingerprint density at radius 1 is 1.12 bits per heavy atom. The molecule has 7 nitrogen and oxygen atoms in total. The van der Waals surface area contributed by atoms with Crippen molar-refractivity contribution in [2.24, 2.45) is 10.9 Å². The van der Waals surface area contributed by atoms with Crippen LogP contribution in [0.3, 0.4) is 0 Å². The number of nitrogens with zero attached hydrogens (tertiary/aromatic N) is 4. The van der Waals surface area contributed by atoms with Gasteiger partial charge >= 0.3 is 0 Å². The summed E-state index contributed by atoms with van der Waals surface area (Å²) in [5, 5.41) is 11.0. The van der Waals surface area contributed by atoms with E-state index in [0.29, 0.717) is 12.5 Å². The largest absolute Gasteiger partial charge is 0.493 e. The van der Waals surface area contributed by atoms with Gasteiger partial charge < -0.3 is 15.4 Å². The van der Waals surface area contributed by atoms with Gasteiger partial charge in [-0.05, 0) is 61.2 Å². The summed E-state index contributed by atoms with van der Waals surface area (Å²) in [7, 11) is 0. The van der Waals surface area contributed by atoms with Crippen molar-refractivity contribution in [1.29, 1.82) is 0 Å². The summed E-state index contributed by atoms with van der Waals surface area (Å²) in [6.07, 6.45) is 5.40. The fraction of sp³-hybridized carbons (Fsp3) is 0.375. The molecule has 0 saturated carbocycles. The Hall–Kier alpha value is -2.62. The molecule has 1 unspecified atom stereocenters. The highest BCUT2D eigenvalue weighted by atomic mass is 127. The number of guanidine groups is 1. The monoisotopic (exact) mass is 548 g/mol. The Balaban J connectivity index is 0.00000363. The van der Waals surface area contributed by atoms with Crippen molar-refractivity contribution in [2.45, 2.75) is 40.3 Å². The minimum atomic E-state index is 0. The third-order valence-corrected chi connectivity index (χ3v) is 4.63. The van der Waals surface area contributed by atoms with Crippen LogP contribution in [0.2, 0.25) is 0 Å². The maximum Gasteiger partial charge on any atom is 0.192 e. The number of ether oxygens (including phenoxy) is 1. The lowest BCUT2D eigenvalue weighted by Gasteiger charge is -2.19. The van der Waals surface area contributed by atoms with Crippen molar-refractivity contribution in [3.8, 4) is 11.6 Å². The number of rotatable bonds is 9. The SMILES string of the molecule is CCNC(=NCc1ccnc(-n2cccn2)c1)NC(C)c1ccc(OCC(C)C)cc1.I. The van der Waals surface area contributed by atoms with Crippen molar-refractivity contribution >= 4 is 29.9 Å². The molecule has 3 rings (SSSR count). The predicted molar refractivity (Wildman–Crippen MR) is 140 cm³/mol. The number of nitrogens with one attached hydrogen (secondary N) is 2. The summed E-state index contributed by atoms with van der Waals surface area (Å²) in [4.78, 5) is 9.12. The van der Waals surface area contributed by atoms with Gasteiger partial charge in [0.05, 0.1) is 19.2 Å². The van der Waals surface area contributed by atoms with Crippen molar-refractivity contribution in [3.05, 3.63) is 72.2 Å². The number of hydrogen-bond donors (Lipinski definition) is 2. The highest BCUT2D eigenvalue weighted by Crippen LogP contribution is 2.18. The maximum absolute atomic E-state index is 5.78. The van der Waals surface area contributed by atoms with Gasteiger partial charge in [-0.15, -0.1) is 24.0 Å². The van der Waals surface area contributed by atoms with Crippen LogP contribution in [0.25, 0.3) is 5.82 Å². The summed E-state index contributed by atoms with van der Waals surface area (Å²) in [6, 6.07) is 14.2. The lowest BCUT2D eigenvalue weighted by Crippen LogP contribution is -2.38. The lowest BCUT2D eigenvalue weighted by molar-refractivity contribution is 0.271. The minimum Gasteiger partial charge on any atom is -0.493 e. The Bertz CT molecular complexity index is 957. The van der Waals surface area contributed by atoms with Gasteiger partial charge in [-0.25, -0.2) is 14.7 Å². The van der Waals surface area contributed by atoms with Crippen LogP contribution in [0.15, 0.2) is 66.0 Å². The van der Waals surface area contributed by atoms with E-state index in [9.17, 15) is 0 Å². The first-order valence-corrected chi connectivity index (χ1v) is 10.8. The van der Waals surface area contributed by atoms with E-state index in [0.717, 1.165) is 36.2 Å². The maximum atomic E-state index is 5.78. The standard InChI is InChI=1S/C24H32N6O.HI/c1-5-25-24(27-16-20-11-13-26-23(15-20)30-14-6-12-28-30)29-19(4)21-7-9-22(10-8-21)31-17-18(2)3;/h6-15,18-19H,5,16-17H2,1-4H3,(H2,25,27,29);1H. The Kier molecular flexibility index (Phi) is 10.5. The van der Waals surface area contributed by atoms with Crippen LogP contribution in [0, 0.1) is 5.92 Å². The van der Waals surface area contributed by atoms with Gasteiger partial charge in [0, 0.05) is 25.1 Å². The summed E-state index contributed by atoms with van der Waals surface area (Å²) in [6.45, 7) is 10.5. The van der Waals surface area contributed by atoms with Crippen LogP contribution in [0.1, 0.15) is 44.9 Å². The van der Waals surface area contributed by atoms with Crippen LogP contribution < -0.4 is 15.4 Å². The van der Waals surface area contributed by atoms with Gasteiger partial charge in [0.15, 0.2) is 11.8 Å². The fourth-order valence-electron chi connectivity index (χ4n) is 2.98. The van der Waals surface area contributed by atoms with Gasteiger partial charge in [-0.1, -0.05) is 26.0 Å². The summed E-state index contributed by atoms with van der Waals surface area (Å²) in [5.74, 6) is 2.96. The number of benzene rings is 1. The number of pyridine rings is 1. The molecule has 2 aromatic heterocycles. The Labute approximate surface area is 207 Å². The first-order valence-electron chi connectivity index (χ1n) is 10.8. The zero-order chi connectivity index (χ0) is 22.1. The third kappa shape index (κ3) is 7.81. The average molecular weight is 548 g/mol. The second-order valence-corrected chi connectivity index (χ2v) is 7.81. The van der Waals surface area contributed by atoms with E-state index in [4.69, 9.17) is 9.73 Å². The van der Waals surface area contributed by atoms with Gasteiger partial charge in [0.2, 0.25) is 0 Å². The second kappa shape index (κ2) is 13.0. The second-order valence-electron chi connectivity index (χ2n) is 7.81. The Morgan fingerprint density at radius 2 is 1.91 bits per heavy atom. The van der Waals surface area contributed by atoms with Gasteiger partial charge in [-0.3, -0.25) is 0 Å². The molecular formula is C24H33IN6O. The van der Waals surface area contributed by atoms with E-state index < -0.39 is 0 Å². The van der Waals surface area contributed by atoms with Crippen molar-refractivity contribution < 1.29 is 4.74 Å². The third-order valence-electron chi connectivity index (χ3n) is 4.63. The van der Waals surface area contributed by atoms with Crippen molar-refractivity contribution in [1.82, 2.24) is 25.4 Å². The van der Waals surface area contributed by atoms with E-state index in [-0.39, 0.29) is 30.0 Å². The molecule has 2 N–H and O–H groups in total. The van der Waals surface area contributed by atoms with E-state index in [1.807, 2.05) is 36.5 Å². The van der Waals surface area contributed by atoms with E-state index >= 15 is 0 Å². The predicted octanol–water partition coefficient (Wildman–Crippen LogP) is 4.74. The quantitative estimate of drug-likeness (QED) is 0.230. The minimum absolute atomic E-state index is 0. The number of aliphatic imine (C=N–C) groups is 1. The van der Waals surface area contributed by atoms with Crippen LogP contribution in [0.4, 0.5) is 0 Å². The van der Waals surface area contributed by atoms with Gasteiger partial charge in [0.1, 0.15) is 5.75 Å². The van der Waals surface area contributed by atoms with Crippen molar-refractivity contribution in [3.63, 3.8) is 0 Å². The molecular weight excluding hydrogens is 515 g/mol. The molecule has 0 amide bonds. The van der Waals surface area contributed by atoms with E-state index in [1.54, 1.807) is 17.1 Å². The fourth-order valence-corrected chi connectivity index (χ4v) is 2.98. The average Bonchev–Trinajstić information content (AvgIpc) is 3.32. The molecule has 1 atom stereocenters. The molecule has 0 radical (unpaired) electrons. The molecule has 32 heavy (non-hydrogen) atoms. The molecule has 0 aliphatic heterocycles. The summed E-state index contributed by atoms with van der Waals surface area (Å²) < 4.78 is 7.52. The molecule has 2 heterocycles. The van der Waals surface area contributed by atoms with E-state index in [2.05, 4.69) is 60.5 Å². The molecule has 0 aliphatic rings. The number of hydrogen-bond acceptors (Lipinski definition) is 4. The molecule has 0 fully saturated rings. The number of aromatic nitrogens is 3. The van der Waals surface area contributed by atoms with Crippen LogP contribution in [-0.2, 0) is 6.54 Å². The van der Waals surface area contributed by atoms with Gasteiger partial charge in [0.25, 0.3) is 0 Å². The molecule has 0 spiro atoms. The van der Waals surface area contributed by atoms with Crippen molar-refractivity contribution in [2.75, 3.05) is 13.2 Å². The summed E-state index contributed by atoms with van der Waals surface area (Å²) in [5.41, 5.74) is 2.24. The lowest BCUT2D eigenvalue weighted by atomic mass is 10.1. The smallest absolute Gasteiger partial charge is 0.192 e. The Morgan fingerprint density at radius 3 is 2.56 bits per heavy atom. The zero-order valence-electron chi connectivity index (χ0n) is 19.2. The molecule has 0 aliphatic carbocycles. The van der Waals surface area contributed by atoms with Crippen LogP contribution in [-0.4, -0.2) is 33.9 Å². The topological polar surface area (TPSA) is 76.4 Å². The van der Waals surface area contributed by atoms with E-state index in [1.165, 1.54) is 5.56 Å². The number of halogens is 1. The zero-order valence-corrected chi connectivity index (χ0v) is 21.5. The molecule has 172 valence electrons. The molecule has 3 aromatic rings. The highest BCUT2D eigenvalue weighted by Gasteiger charge is 2.09. The van der Waals surface area contributed by atoms with Gasteiger partial charge in [-0.2, -0.15) is 5.10 Å². The molecule has 1 aromatic carbocycles.